The van der Waals surface area contributed by atoms with E-state index in [0.717, 1.165) is 22.4 Å². The third kappa shape index (κ3) is 5.34. The molecular formula is C21H27N3O2. The zero-order chi connectivity index (χ0) is 19.1. The van der Waals surface area contributed by atoms with Gasteiger partial charge in [0.05, 0.1) is 0 Å². The average Bonchev–Trinajstić information content (AvgIpc) is 2.60. The number of hydrogen-bond donors (Lipinski definition) is 3. The van der Waals surface area contributed by atoms with Crippen molar-refractivity contribution in [1.29, 1.82) is 0 Å². The van der Waals surface area contributed by atoms with Gasteiger partial charge >= 0.3 is 12.1 Å². The normalized spacial score (nSPS) is 10.7. The van der Waals surface area contributed by atoms with Crippen LogP contribution in [0.4, 0.5) is 15.3 Å². The fraction of sp³-hybridized carbons (Fsp3) is 0.333. The van der Waals surface area contributed by atoms with E-state index in [1.54, 1.807) is 0 Å². The van der Waals surface area contributed by atoms with Crippen molar-refractivity contribution in [1.82, 2.24) is 10.6 Å². The quantitative estimate of drug-likeness (QED) is 0.710. The topological polar surface area (TPSA) is 70.2 Å². The number of urea groups is 2. The van der Waals surface area contributed by atoms with E-state index in [4.69, 9.17) is 0 Å². The van der Waals surface area contributed by atoms with Crippen LogP contribution in [0, 0.1) is 0 Å². The van der Waals surface area contributed by atoms with Crippen molar-refractivity contribution >= 4 is 17.7 Å². The van der Waals surface area contributed by atoms with Crippen molar-refractivity contribution in [3.63, 3.8) is 0 Å². The lowest BCUT2D eigenvalue weighted by Crippen LogP contribution is -2.41. The predicted molar refractivity (Wildman–Crippen MR) is 105 cm³/mol. The maximum absolute atomic E-state index is 12.3. The van der Waals surface area contributed by atoms with Gasteiger partial charge < -0.3 is 10.6 Å². The Labute approximate surface area is 155 Å². The molecule has 2 aromatic carbocycles. The van der Waals surface area contributed by atoms with Crippen LogP contribution in [0.5, 0.6) is 0 Å². The smallest absolute Gasteiger partial charge is 0.327 e. The summed E-state index contributed by atoms with van der Waals surface area (Å²) in [6, 6.07) is 14.5. The largest absolute Gasteiger partial charge is 0.334 e. The van der Waals surface area contributed by atoms with Crippen molar-refractivity contribution in [3.8, 4) is 0 Å². The molecule has 0 saturated heterocycles. The lowest BCUT2D eigenvalue weighted by Gasteiger charge is -2.20. The summed E-state index contributed by atoms with van der Waals surface area (Å²) >= 11 is 0. The van der Waals surface area contributed by atoms with Crippen LogP contribution in [0.3, 0.4) is 0 Å². The van der Waals surface area contributed by atoms with Crippen LogP contribution >= 0.6 is 0 Å². The number of para-hydroxylation sites is 1. The van der Waals surface area contributed by atoms with Crippen LogP contribution in [0.2, 0.25) is 0 Å². The minimum atomic E-state index is -0.537. The van der Waals surface area contributed by atoms with Crippen molar-refractivity contribution in [3.05, 3.63) is 65.2 Å². The highest BCUT2D eigenvalue weighted by atomic mass is 16.2. The maximum Gasteiger partial charge on any atom is 0.327 e. The van der Waals surface area contributed by atoms with Crippen LogP contribution in [0.15, 0.2) is 48.5 Å². The Morgan fingerprint density at radius 2 is 1.38 bits per heavy atom. The molecule has 5 heteroatoms. The molecule has 0 bridgehead atoms. The van der Waals surface area contributed by atoms with Crippen molar-refractivity contribution in [2.45, 2.75) is 46.1 Å². The lowest BCUT2D eigenvalue weighted by atomic mass is 9.93. The Morgan fingerprint density at radius 1 is 0.808 bits per heavy atom. The first-order valence-corrected chi connectivity index (χ1v) is 8.91. The number of benzene rings is 2. The Morgan fingerprint density at radius 3 is 1.92 bits per heavy atom. The van der Waals surface area contributed by atoms with E-state index in [2.05, 4.69) is 43.6 Å². The summed E-state index contributed by atoms with van der Waals surface area (Å²) in [4.78, 5) is 24.3. The van der Waals surface area contributed by atoms with Gasteiger partial charge in [-0.05, 0) is 28.5 Å². The van der Waals surface area contributed by atoms with E-state index in [1.807, 2.05) is 48.5 Å². The summed E-state index contributed by atoms with van der Waals surface area (Å²) in [7, 11) is 0. The molecule has 3 N–H and O–H groups in total. The molecule has 0 spiro atoms. The van der Waals surface area contributed by atoms with E-state index in [0.29, 0.717) is 6.54 Å². The molecule has 0 heterocycles. The number of nitrogens with one attached hydrogen (secondary N) is 3. The molecule has 0 atom stereocenters. The Bertz CT molecular complexity index is 729. The van der Waals surface area contributed by atoms with E-state index in [-0.39, 0.29) is 11.8 Å². The number of carbonyl (C=O) groups excluding carboxylic acids is 2. The molecule has 0 fully saturated rings. The van der Waals surface area contributed by atoms with E-state index in [9.17, 15) is 9.59 Å². The fourth-order valence-corrected chi connectivity index (χ4v) is 2.77. The fourth-order valence-electron chi connectivity index (χ4n) is 2.77. The average molecular weight is 353 g/mol. The van der Waals surface area contributed by atoms with Gasteiger partial charge in [-0.25, -0.2) is 9.59 Å². The van der Waals surface area contributed by atoms with Gasteiger partial charge in [0.1, 0.15) is 0 Å². The monoisotopic (exact) mass is 353 g/mol. The third-order valence-corrected chi connectivity index (χ3v) is 4.13. The second-order valence-corrected chi connectivity index (χ2v) is 6.87. The lowest BCUT2D eigenvalue weighted by molar-refractivity contribution is 0.232. The minimum absolute atomic E-state index is 0.260. The molecule has 0 aliphatic rings. The standard InChI is InChI=1S/C21H27N3O2/c1-14(2)17-11-8-12-18(15(3)4)19(17)23-21(26)24-20(25)22-13-16-9-6-5-7-10-16/h5-12,14-15H,13H2,1-4H3,(H3,22,23,24,25,26). The summed E-state index contributed by atoms with van der Waals surface area (Å²) in [5, 5.41) is 7.87. The Hall–Kier alpha value is -2.82. The summed E-state index contributed by atoms with van der Waals surface area (Å²) in [5.41, 5.74) is 3.85. The molecule has 0 unspecified atom stereocenters. The van der Waals surface area contributed by atoms with Gasteiger partial charge in [-0.15, -0.1) is 0 Å². The molecule has 2 aromatic rings. The molecule has 26 heavy (non-hydrogen) atoms. The van der Waals surface area contributed by atoms with E-state index >= 15 is 0 Å². The molecule has 138 valence electrons. The number of amides is 4. The molecule has 0 saturated carbocycles. The summed E-state index contributed by atoms with van der Waals surface area (Å²) in [5.74, 6) is 0.520. The van der Waals surface area contributed by atoms with Gasteiger partial charge in [-0.3, -0.25) is 5.32 Å². The van der Waals surface area contributed by atoms with Gasteiger partial charge in [-0.2, -0.15) is 0 Å². The second-order valence-electron chi connectivity index (χ2n) is 6.87. The molecule has 0 aliphatic carbocycles. The number of hydrogen-bond acceptors (Lipinski definition) is 2. The van der Waals surface area contributed by atoms with Crippen molar-refractivity contribution in [2.75, 3.05) is 5.32 Å². The molecular weight excluding hydrogens is 326 g/mol. The SMILES string of the molecule is CC(C)c1cccc(C(C)C)c1NC(=O)NC(=O)NCc1ccccc1. The summed E-state index contributed by atoms with van der Waals surface area (Å²) in [6.45, 7) is 8.67. The molecule has 4 amide bonds. The van der Waals surface area contributed by atoms with Crippen molar-refractivity contribution < 1.29 is 9.59 Å². The number of anilines is 1. The Kier molecular flexibility index (Phi) is 6.78. The van der Waals surface area contributed by atoms with Crippen LogP contribution in [-0.2, 0) is 6.54 Å². The molecule has 2 rings (SSSR count). The van der Waals surface area contributed by atoms with Crippen LogP contribution < -0.4 is 16.0 Å². The highest BCUT2D eigenvalue weighted by Gasteiger charge is 2.16. The number of imide groups is 1. The van der Waals surface area contributed by atoms with Crippen molar-refractivity contribution in [2.24, 2.45) is 0 Å². The van der Waals surface area contributed by atoms with Gasteiger partial charge in [-0.1, -0.05) is 76.2 Å². The second kappa shape index (κ2) is 9.04. The van der Waals surface area contributed by atoms with E-state index in [1.165, 1.54) is 0 Å². The van der Waals surface area contributed by atoms with Gasteiger partial charge in [0.15, 0.2) is 0 Å². The predicted octanol–water partition coefficient (Wildman–Crippen LogP) is 4.96. The first kappa shape index (κ1) is 19.5. The van der Waals surface area contributed by atoms with Crippen LogP contribution in [-0.4, -0.2) is 12.1 Å². The Balaban J connectivity index is 2.02. The van der Waals surface area contributed by atoms with Gasteiger partial charge in [0, 0.05) is 12.2 Å². The highest BCUT2D eigenvalue weighted by molar-refractivity contribution is 6.01. The first-order valence-electron chi connectivity index (χ1n) is 8.91. The first-order chi connectivity index (χ1) is 12.4. The highest BCUT2D eigenvalue weighted by Crippen LogP contribution is 2.32. The molecule has 5 nitrogen and oxygen atoms in total. The summed E-state index contributed by atoms with van der Waals surface area (Å²) in [6.07, 6.45) is 0. The molecule has 0 aromatic heterocycles. The third-order valence-electron chi connectivity index (χ3n) is 4.13. The number of carbonyl (C=O) groups is 2. The van der Waals surface area contributed by atoms with Crippen LogP contribution in [0.1, 0.15) is 56.2 Å². The zero-order valence-electron chi connectivity index (χ0n) is 15.8. The van der Waals surface area contributed by atoms with Gasteiger partial charge in [0.2, 0.25) is 0 Å². The minimum Gasteiger partial charge on any atom is -0.334 e. The molecule has 0 aliphatic heterocycles. The van der Waals surface area contributed by atoms with E-state index < -0.39 is 12.1 Å². The van der Waals surface area contributed by atoms with Gasteiger partial charge in [0.25, 0.3) is 0 Å². The van der Waals surface area contributed by atoms with Crippen LogP contribution in [0.25, 0.3) is 0 Å². The number of rotatable bonds is 5. The molecule has 0 radical (unpaired) electrons. The summed E-state index contributed by atoms with van der Waals surface area (Å²) < 4.78 is 0. The maximum atomic E-state index is 12.3. The zero-order valence-corrected chi connectivity index (χ0v) is 15.8.